The molecular weight excluding hydrogens is 287 g/mol. The number of hydrogen-bond acceptors (Lipinski definition) is 2. The fraction of sp³-hybridized carbons (Fsp3) is 0. The van der Waals surface area contributed by atoms with E-state index in [1.54, 1.807) is 36.4 Å². The molecule has 0 bridgehead atoms. The van der Waals surface area contributed by atoms with E-state index in [-0.39, 0.29) is 0 Å². The zero-order chi connectivity index (χ0) is 13.8. The summed E-state index contributed by atoms with van der Waals surface area (Å²) in [4.78, 5) is 11.8. The molecule has 98 valence electrons. The highest BCUT2D eigenvalue weighted by Crippen LogP contribution is 2.18. The summed E-state index contributed by atoms with van der Waals surface area (Å²) in [6.07, 6.45) is 0. The molecule has 0 spiro atoms. The number of anilines is 2. The SMILES string of the molecule is O=C(Nc1ccc(Cl)cc1)N(O)c1ccc(Cl)cc1. The first-order valence-corrected chi connectivity index (χ1v) is 6.13. The molecule has 6 heteroatoms. The molecule has 0 unspecified atom stereocenters. The molecule has 19 heavy (non-hydrogen) atoms. The number of nitrogens with zero attached hydrogens (tertiary/aromatic N) is 1. The fourth-order valence-corrected chi connectivity index (χ4v) is 1.66. The molecule has 0 aromatic heterocycles. The Morgan fingerprint density at radius 3 is 1.95 bits per heavy atom. The van der Waals surface area contributed by atoms with Crippen LogP contribution in [0.4, 0.5) is 16.2 Å². The Kier molecular flexibility index (Phi) is 4.27. The second-order valence-electron chi connectivity index (χ2n) is 3.73. The lowest BCUT2D eigenvalue weighted by molar-refractivity contribution is 0.216. The molecule has 0 fully saturated rings. The smallest absolute Gasteiger partial charge is 0.306 e. The molecule has 0 radical (unpaired) electrons. The van der Waals surface area contributed by atoms with Gasteiger partial charge in [0, 0.05) is 15.7 Å². The summed E-state index contributed by atoms with van der Waals surface area (Å²) in [5, 5.41) is 13.9. The molecule has 4 nitrogen and oxygen atoms in total. The number of halogens is 2. The highest BCUT2D eigenvalue weighted by atomic mass is 35.5. The summed E-state index contributed by atoms with van der Waals surface area (Å²) in [6.45, 7) is 0. The molecule has 2 rings (SSSR count). The van der Waals surface area contributed by atoms with Gasteiger partial charge in [-0.15, -0.1) is 0 Å². The first-order chi connectivity index (χ1) is 9.06. The molecule has 2 aromatic rings. The van der Waals surface area contributed by atoms with E-state index in [2.05, 4.69) is 5.32 Å². The van der Waals surface area contributed by atoms with E-state index in [1.165, 1.54) is 12.1 Å². The largest absolute Gasteiger partial charge is 0.350 e. The summed E-state index contributed by atoms with van der Waals surface area (Å²) in [7, 11) is 0. The van der Waals surface area contributed by atoms with Crippen molar-refractivity contribution < 1.29 is 10.0 Å². The quantitative estimate of drug-likeness (QED) is 0.636. The Balaban J connectivity index is 2.07. The van der Waals surface area contributed by atoms with Crippen molar-refractivity contribution in [3.8, 4) is 0 Å². The van der Waals surface area contributed by atoms with Gasteiger partial charge in [0.05, 0.1) is 5.69 Å². The minimum Gasteiger partial charge on any atom is -0.306 e. The van der Waals surface area contributed by atoms with Crippen molar-refractivity contribution in [2.24, 2.45) is 0 Å². The maximum atomic E-state index is 11.8. The predicted octanol–water partition coefficient (Wildman–Crippen LogP) is 4.42. The van der Waals surface area contributed by atoms with Crippen LogP contribution in [0.2, 0.25) is 10.0 Å². The van der Waals surface area contributed by atoms with E-state index in [0.29, 0.717) is 26.5 Å². The lowest BCUT2D eigenvalue weighted by Gasteiger charge is -2.15. The minimum atomic E-state index is -0.676. The van der Waals surface area contributed by atoms with Crippen LogP contribution in [0.3, 0.4) is 0 Å². The van der Waals surface area contributed by atoms with Gasteiger partial charge in [0.2, 0.25) is 0 Å². The van der Waals surface area contributed by atoms with Crippen molar-refractivity contribution >= 4 is 40.6 Å². The van der Waals surface area contributed by atoms with E-state index < -0.39 is 6.03 Å². The Labute approximate surface area is 120 Å². The van der Waals surface area contributed by atoms with Crippen molar-refractivity contribution in [3.63, 3.8) is 0 Å². The second kappa shape index (κ2) is 5.93. The highest BCUT2D eigenvalue weighted by Gasteiger charge is 2.13. The first kappa shape index (κ1) is 13.7. The molecule has 0 aliphatic carbocycles. The summed E-state index contributed by atoms with van der Waals surface area (Å²) < 4.78 is 0. The van der Waals surface area contributed by atoms with Gasteiger partial charge in [-0.25, -0.2) is 4.79 Å². The maximum Gasteiger partial charge on any atom is 0.350 e. The Bertz CT molecular complexity index is 570. The molecule has 2 aromatic carbocycles. The van der Waals surface area contributed by atoms with Crippen molar-refractivity contribution in [2.45, 2.75) is 0 Å². The minimum absolute atomic E-state index is 0.316. The van der Waals surface area contributed by atoms with Crippen LogP contribution in [0.5, 0.6) is 0 Å². The van der Waals surface area contributed by atoms with Crippen LogP contribution in [0.15, 0.2) is 48.5 Å². The van der Waals surface area contributed by atoms with Crippen molar-refractivity contribution in [3.05, 3.63) is 58.6 Å². The molecular formula is C13H10Cl2N2O2. The summed E-state index contributed by atoms with van der Waals surface area (Å²) in [5.41, 5.74) is 0.846. The van der Waals surface area contributed by atoms with E-state index >= 15 is 0 Å². The monoisotopic (exact) mass is 296 g/mol. The van der Waals surface area contributed by atoms with Crippen LogP contribution >= 0.6 is 23.2 Å². The van der Waals surface area contributed by atoms with Crippen LogP contribution in [-0.2, 0) is 0 Å². The van der Waals surface area contributed by atoms with Crippen LogP contribution in [0.25, 0.3) is 0 Å². The van der Waals surface area contributed by atoms with E-state index in [9.17, 15) is 10.0 Å². The number of amides is 2. The number of carbonyl (C=O) groups is 1. The third kappa shape index (κ3) is 3.61. The third-order valence-corrected chi connectivity index (χ3v) is 2.86. The molecule has 0 saturated heterocycles. The van der Waals surface area contributed by atoms with Crippen molar-refractivity contribution in [2.75, 3.05) is 10.4 Å². The molecule has 2 amide bonds. The lowest BCUT2D eigenvalue weighted by atomic mass is 10.3. The number of hydrogen-bond donors (Lipinski definition) is 2. The van der Waals surface area contributed by atoms with Crippen LogP contribution in [0.1, 0.15) is 0 Å². The maximum absolute atomic E-state index is 11.8. The molecule has 0 saturated carbocycles. The van der Waals surface area contributed by atoms with E-state index in [4.69, 9.17) is 23.2 Å². The van der Waals surface area contributed by atoms with Gasteiger partial charge in [-0.3, -0.25) is 5.21 Å². The average molecular weight is 297 g/mol. The third-order valence-electron chi connectivity index (χ3n) is 2.36. The fourth-order valence-electron chi connectivity index (χ4n) is 1.41. The number of carbonyl (C=O) groups excluding carboxylic acids is 1. The number of hydroxylamine groups is 1. The van der Waals surface area contributed by atoms with Crippen LogP contribution < -0.4 is 10.4 Å². The summed E-state index contributed by atoms with van der Waals surface area (Å²) in [5.74, 6) is 0. The van der Waals surface area contributed by atoms with Crippen molar-refractivity contribution in [1.82, 2.24) is 0 Å². The van der Waals surface area contributed by atoms with E-state index in [0.717, 1.165) is 0 Å². The van der Waals surface area contributed by atoms with Gasteiger partial charge in [0.1, 0.15) is 0 Å². The van der Waals surface area contributed by atoms with Gasteiger partial charge in [-0.1, -0.05) is 23.2 Å². The van der Waals surface area contributed by atoms with Gasteiger partial charge >= 0.3 is 6.03 Å². The lowest BCUT2D eigenvalue weighted by Crippen LogP contribution is -2.31. The first-order valence-electron chi connectivity index (χ1n) is 5.37. The molecule has 0 aliphatic rings. The van der Waals surface area contributed by atoms with Gasteiger partial charge in [0.25, 0.3) is 0 Å². The number of urea groups is 1. The number of rotatable bonds is 2. The van der Waals surface area contributed by atoms with Crippen LogP contribution in [-0.4, -0.2) is 11.2 Å². The van der Waals surface area contributed by atoms with Gasteiger partial charge < -0.3 is 5.32 Å². The van der Waals surface area contributed by atoms with Gasteiger partial charge in [-0.2, -0.15) is 5.06 Å². The molecule has 0 aliphatic heterocycles. The summed E-state index contributed by atoms with van der Waals surface area (Å²) in [6, 6.07) is 12.1. The number of benzene rings is 2. The topological polar surface area (TPSA) is 52.6 Å². The Hall–Kier alpha value is -1.75. The highest BCUT2D eigenvalue weighted by molar-refractivity contribution is 6.31. The Morgan fingerprint density at radius 2 is 1.42 bits per heavy atom. The molecule has 0 atom stereocenters. The predicted molar refractivity (Wildman–Crippen MR) is 76.2 cm³/mol. The van der Waals surface area contributed by atoms with Crippen LogP contribution in [0, 0.1) is 0 Å². The normalized spacial score (nSPS) is 10.1. The Morgan fingerprint density at radius 1 is 0.947 bits per heavy atom. The zero-order valence-electron chi connectivity index (χ0n) is 9.68. The van der Waals surface area contributed by atoms with E-state index in [1.807, 2.05) is 0 Å². The van der Waals surface area contributed by atoms with Gasteiger partial charge in [0.15, 0.2) is 0 Å². The summed E-state index contributed by atoms with van der Waals surface area (Å²) >= 11 is 11.5. The zero-order valence-corrected chi connectivity index (χ0v) is 11.2. The van der Waals surface area contributed by atoms with Crippen molar-refractivity contribution in [1.29, 1.82) is 0 Å². The average Bonchev–Trinajstić information content (AvgIpc) is 2.41. The number of nitrogens with one attached hydrogen (secondary N) is 1. The van der Waals surface area contributed by atoms with Gasteiger partial charge in [-0.05, 0) is 48.5 Å². The molecule has 2 N–H and O–H groups in total. The standard InChI is InChI=1S/C13H10Cl2N2O2/c14-9-1-5-11(6-2-9)16-13(18)17(19)12-7-3-10(15)4-8-12/h1-8,19H,(H,16,18). The molecule has 0 heterocycles. The second-order valence-corrected chi connectivity index (χ2v) is 4.60.